The van der Waals surface area contributed by atoms with E-state index < -0.39 is 0 Å². The number of benzene rings is 6. The van der Waals surface area contributed by atoms with Gasteiger partial charge in [0.2, 0.25) is 0 Å². The molecule has 0 fully saturated rings. The standard InChI is InChI=1S/C32H33B10N/c33-23-21(24(34)28(38)31(41)27(23)37)19-11-15(9-13-5-1-3-7-17(13)19)43-16-10-14-6-2-4-8-18(14)20(12-16)22-25(35)29(39)32(42)30(40)26(22)36/h1-12,43H,33-42H2. The highest BCUT2D eigenvalue weighted by Crippen LogP contribution is 2.35. The Balaban J connectivity index is 1.58. The summed E-state index contributed by atoms with van der Waals surface area (Å²) in [6, 6.07) is 26.9. The van der Waals surface area contributed by atoms with Crippen molar-refractivity contribution in [2.24, 2.45) is 0 Å². The first-order valence-electron chi connectivity index (χ1n) is 15.5. The van der Waals surface area contributed by atoms with Gasteiger partial charge >= 0.3 is 0 Å². The van der Waals surface area contributed by atoms with Crippen LogP contribution in [0.2, 0.25) is 0 Å². The van der Waals surface area contributed by atoms with Gasteiger partial charge in [0.05, 0.1) is 0 Å². The fourth-order valence-corrected chi connectivity index (χ4v) is 7.15. The molecule has 0 saturated heterocycles. The van der Waals surface area contributed by atoms with Gasteiger partial charge in [0, 0.05) is 11.4 Å². The smallest absolute Gasteiger partial charge is 0.139 e. The van der Waals surface area contributed by atoms with Gasteiger partial charge in [-0.1, -0.05) is 70.4 Å². The molecule has 0 heterocycles. The summed E-state index contributed by atoms with van der Waals surface area (Å²) in [5, 5.41) is 8.94. The van der Waals surface area contributed by atoms with Crippen molar-refractivity contribution in [2.75, 3.05) is 5.32 Å². The molecule has 0 unspecified atom stereocenters. The van der Waals surface area contributed by atoms with Crippen molar-refractivity contribution in [3.8, 4) is 22.3 Å². The molecule has 0 spiro atoms. The largest absolute Gasteiger partial charge is 0.355 e. The van der Waals surface area contributed by atoms with Gasteiger partial charge in [0.1, 0.15) is 78.5 Å². The molecule has 11 heteroatoms. The van der Waals surface area contributed by atoms with Crippen molar-refractivity contribution in [2.45, 2.75) is 0 Å². The molecule has 6 aromatic rings. The lowest BCUT2D eigenvalue weighted by molar-refractivity contribution is 1.58. The maximum atomic E-state index is 3.87. The van der Waals surface area contributed by atoms with Gasteiger partial charge in [0.15, 0.2) is 0 Å². The van der Waals surface area contributed by atoms with Gasteiger partial charge in [-0.3, -0.25) is 0 Å². The highest BCUT2D eigenvalue weighted by Gasteiger charge is 2.18. The maximum absolute atomic E-state index is 3.87. The van der Waals surface area contributed by atoms with E-state index in [2.05, 4.69) is 157 Å². The van der Waals surface area contributed by atoms with Crippen molar-refractivity contribution in [3.05, 3.63) is 72.8 Å². The van der Waals surface area contributed by atoms with Crippen LogP contribution in [0.5, 0.6) is 0 Å². The minimum absolute atomic E-state index is 1.11. The summed E-state index contributed by atoms with van der Waals surface area (Å²) < 4.78 is 0. The van der Waals surface area contributed by atoms with Gasteiger partial charge in [-0.15, -0.1) is 32.8 Å². The van der Waals surface area contributed by atoms with Crippen LogP contribution in [0.4, 0.5) is 11.4 Å². The van der Waals surface area contributed by atoms with Crippen LogP contribution in [0.3, 0.4) is 0 Å². The number of rotatable bonds is 4. The molecule has 0 aliphatic heterocycles. The van der Waals surface area contributed by atoms with Crippen LogP contribution in [-0.2, 0) is 0 Å². The van der Waals surface area contributed by atoms with E-state index in [-0.39, 0.29) is 0 Å². The molecule has 1 N–H and O–H groups in total. The van der Waals surface area contributed by atoms with Crippen molar-refractivity contribution >= 4 is 166 Å². The van der Waals surface area contributed by atoms with E-state index >= 15 is 0 Å². The zero-order valence-electron chi connectivity index (χ0n) is 27.4. The first kappa shape index (κ1) is 29.4. The zero-order valence-corrected chi connectivity index (χ0v) is 27.4. The Hall–Kier alpha value is -3.71. The Morgan fingerprint density at radius 3 is 1.00 bits per heavy atom. The average molecular weight is 540 g/mol. The second-order valence-corrected chi connectivity index (χ2v) is 12.6. The van der Waals surface area contributed by atoms with E-state index in [4.69, 9.17) is 0 Å². The van der Waals surface area contributed by atoms with E-state index in [0.29, 0.717) is 0 Å². The molecule has 0 saturated carbocycles. The monoisotopic (exact) mass is 541 g/mol. The average Bonchev–Trinajstić information content (AvgIpc) is 3.01. The SMILES string of the molecule is Bc1c(B)c(B)c(-c2cc(Nc3cc(-c4c(B)c(B)c(B)c(B)c4B)c4ccccc4c3)cc3ccccc23)c(B)c1B. The predicted molar refractivity (Wildman–Crippen MR) is 224 cm³/mol. The van der Waals surface area contributed by atoms with Crippen molar-refractivity contribution in [1.82, 2.24) is 0 Å². The molecule has 43 heavy (non-hydrogen) atoms. The van der Waals surface area contributed by atoms with E-state index in [1.807, 2.05) is 0 Å². The molecule has 0 radical (unpaired) electrons. The zero-order chi connectivity index (χ0) is 30.7. The summed E-state index contributed by atoms with van der Waals surface area (Å²) in [6.45, 7) is 0. The van der Waals surface area contributed by atoms with Gasteiger partial charge in [-0.05, 0) is 68.1 Å². The summed E-state index contributed by atoms with van der Waals surface area (Å²) in [5.74, 6) is 0. The highest BCUT2D eigenvalue weighted by atomic mass is 14.9. The molecule has 0 atom stereocenters. The Morgan fingerprint density at radius 2 is 0.651 bits per heavy atom. The van der Waals surface area contributed by atoms with Crippen LogP contribution in [0, 0.1) is 0 Å². The van der Waals surface area contributed by atoms with E-state index in [9.17, 15) is 0 Å². The molecular formula is C32H33B10N. The second kappa shape index (κ2) is 11.1. The fourth-order valence-electron chi connectivity index (χ4n) is 7.15. The number of hydrogen-bond donors (Lipinski definition) is 1. The maximum Gasteiger partial charge on any atom is 0.139 e. The van der Waals surface area contributed by atoms with E-state index in [1.54, 1.807) is 0 Å². The van der Waals surface area contributed by atoms with Crippen molar-refractivity contribution in [1.29, 1.82) is 0 Å². The Kier molecular flexibility index (Phi) is 7.57. The summed E-state index contributed by atoms with van der Waals surface area (Å²) in [7, 11) is 22.7. The molecule has 6 rings (SSSR count). The lowest BCUT2D eigenvalue weighted by Gasteiger charge is -2.23. The first-order chi connectivity index (χ1) is 20.5. The molecule has 196 valence electrons. The molecule has 0 aliphatic carbocycles. The second-order valence-electron chi connectivity index (χ2n) is 12.6. The number of anilines is 2. The summed E-state index contributed by atoms with van der Waals surface area (Å²) >= 11 is 0. The third kappa shape index (κ3) is 4.82. The van der Waals surface area contributed by atoms with Crippen LogP contribution in [0.1, 0.15) is 0 Å². The number of hydrogen-bond acceptors (Lipinski definition) is 1. The first-order valence-corrected chi connectivity index (χ1v) is 15.5. The Bertz CT molecular complexity index is 1910. The highest BCUT2D eigenvalue weighted by molar-refractivity contribution is 6.70. The molecular weight excluding hydrogens is 506 g/mol. The van der Waals surface area contributed by atoms with Gasteiger partial charge in [0.25, 0.3) is 0 Å². The third-order valence-electron chi connectivity index (χ3n) is 10.6. The normalized spacial score (nSPS) is 11.3. The van der Waals surface area contributed by atoms with Crippen LogP contribution in [0.25, 0.3) is 43.8 Å². The lowest BCUT2D eigenvalue weighted by Crippen LogP contribution is -2.55. The Labute approximate surface area is 265 Å². The quantitative estimate of drug-likeness (QED) is 0.220. The molecule has 0 aromatic heterocycles. The number of nitrogens with one attached hydrogen (secondary N) is 1. The molecule has 0 bridgehead atoms. The summed E-state index contributed by atoms with van der Waals surface area (Å²) in [5.41, 5.74) is 21.3. The van der Waals surface area contributed by atoms with Crippen LogP contribution < -0.4 is 59.9 Å². The van der Waals surface area contributed by atoms with E-state index in [0.717, 1.165) is 11.4 Å². The van der Waals surface area contributed by atoms with Gasteiger partial charge in [-0.25, -0.2) is 0 Å². The number of fused-ring (bicyclic) bond motifs is 2. The Morgan fingerprint density at radius 1 is 0.349 bits per heavy atom. The van der Waals surface area contributed by atoms with Crippen molar-refractivity contribution in [3.63, 3.8) is 0 Å². The van der Waals surface area contributed by atoms with Crippen molar-refractivity contribution < 1.29 is 0 Å². The summed E-state index contributed by atoms with van der Waals surface area (Å²) in [4.78, 5) is 0. The lowest BCUT2D eigenvalue weighted by atomic mass is 9.59. The molecule has 1 nitrogen and oxygen atoms in total. The topological polar surface area (TPSA) is 12.0 Å². The molecule has 0 amide bonds. The minimum Gasteiger partial charge on any atom is -0.355 e. The summed E-state index contributed by atoms with van der Waals surface area (Å²) in [6.07, 6.45) is 0. The third-order valence-corrected chi connectivity index (χ3v) is 10.6. The fraction of sp³-hybridized carbons (Fsp3) is 0. The van der Waals surface area contributed by atoms with Gasteiger partial charge < -0.3 is 5.32 Å². The van der Waals surface area contributed by atoms with Crippen LogP contribution >= 0.6 is 0 Å². The van der Waals surface area contributed by atoms with E-state index in [1.165, 1.54) is 98.4 Å². The van der Waals surface area contributed by atoms with Gasteiger partial charge in [-0.2, -0.15) is 0 Å². The van der Waals surface area contributed by atoms with Crippen LogP contribution in [-0.4, -0.2) is 78.5 Å². The minimum atomic E-state index is 1.11. The predicted octanol–water partition coefficient (Wildman–Crippen LogP) is -8.35. The molecule has 0 aliphatic rings. The molecule has 6 aromatic carbocycles. The van der Waals surface area contributed by atoms with Crippen LogP contribution in [0.15, 0.2) is 72.8 Å².